The van der Waals surface area contributed by atoms with Crippen molar-refractivity contribution in [3.05, 3.63) is 87.0 Å². The molecule has 0 saturated heterocycles. The molecule has 0 bridgehead atoms. The Morgan fingerprint density at radius 2 is 1.57 bits per heavy atom. The maximum Gasteiger partial charge on any atom is 0.262 e. The molecule has 0 aromatic heterocycles. The van der Waals surface area contributed by atoms with Gasteiger partial charge in [-0.3, -0.25) is 9.52 Å². The molecule has 0 fully saturated rings. The van der Waals surface area contributed by atoms with Crippen LogP contribution in [0.2, 0.25) is 0 Å². The Kier molecular flexibility index (Phi) is 6.04. The highest BCUT2D eigenvalue weighted by Gasteiger charge is 2.19. The zero-order chi connectivity index (χ0) is 20.3. The Balaban J connectivity index is 1.82. The van der Waals surface area contributed by atoms with Crippen molar-refractivity contribution in [3.8, 4) is 0 Å². The molecule has 0 aliphatic heterocycles. The third kappa shape index (κ3) is 4.71. The van der Waals surface area contributed by atoms with Crippen LogP contribution in [0.15, 0.2) is 71.6 Å². The van der Waals surface area contributed by atoms with Crippen LogP contribution in [0.5, 0.6) is 0 Å². The quantitative estimate of drug-likeness (QED) is 0.481. The van der Waals surface area contributed by atoms with Gasteiger partial charge in [-0.2, -0.15) is 0 Å². The number of halogens is 1. The van der Waals surface area contributed by atoms with Gasteiger partial charge in [-0.15, -0.1) is 0 Å². The Hall–Kier alpha value is -2.39. The molecule has 0 aliphatic carbocycles. The number of hydrogen-bond donors (Lipinski definition) is 2. The minimum absolute atomic E-state index is 0.137. The lowest BCUT2D eigenvalue weighted by Gasteiger charge is -2.12. The molecule has 3 rings (SSSR count). The van der Waals surface area contributed by atoms with Gasteiger partial charge in [0.05, 0.1) is 4.90 Å². The van der Waals surface area contributed by atoms with Crippen molar-refractivity contribution in [1.82, 2.24) is 0 Å². The van der Waals surface area contributed by atoms with Crippen LogP contribution in [0.25, 0.3) is 0 Å². The van der Waals surface area contributed by atoms with E-state index in [0.29, 0.717) is 16.8 Å². The highest BCUT2D eigenvalue weighted by Crippen LogP contribution is 2.22. The van der Waals surface area contributed by atoms with E-state index >= 15 is 0 Å². The normalized spacial score (nSPS) is 11.1. The van der Waals surface area contributed by atoms with Crippen molar-refractivity contribution in [2.75, 3.05) is 10.0 Å². The summed E-state index contributed by atoms with van der Waals surface area (Å²) in [5, 5.41) is 2.85. The van der Waals surface area contributed by atoms with Crippen LogP contribution in [-0.4, -0.2) is 14.3 Å². The van der Waals surface area contributed by atoms with Crippen molar-refractivity contribution in [2.45, 2.75) is 18.7 Å². The lowest BCUT2D eigenvalue weighted by Crippen LogP contribution is -2.16. The van der Waals surface area contributed by atoms with Gasteiger partial charge in [-0.25, -0.2) is 8.42 Å². The molecule has 0 aliphatic rings. The topological polar surface area (TPSA) is 75.3 Å². The summed E-state index contributed by atoms with van der Waals surface area (Å²) in [6.45, 7) is 3.58. The van der Waals surface area contributed by atoms with Crippen LogP contribution in [0.3, 0.4) is 0 Å². The van der Waals surface area contributed by atoms with Crippen molar-refractivity contribution in [3.63, 3.8) is 0 Å². The largest absolute Gasteiger partial charge is 0.322 e. The third-order valence-corrected chi connectivity index (χ3v) is 6.48. The van der Waals surface area contributed by atoms with Crippen molar-refractivity contribution < 1.29 is 13.2 Å². The smallest absolute Gasteiger partial charge is 0.262 e. The molecule has 144 valence electrons. The first-order chi connectivity index (χ1) is 13.3. The van der Waals surface area contributed by atoms with E-state index in [1.807, 2.05) is 43.3 Å². The third-order valence-electron chi connectivity index (χ3n) is 4.22. The van der Waals surface area contributed by atoms with Gasteiger partial charge in [0, 0.05) is 20.5 Å². The standard InChI is InChI=1S/C21H19IN2O3S/c1-14-5-3-4-6-19(14)23-21(25)16-7-12-20(15(2)13-16)28(26,27)24-18-10-8-17(22)9-11-18/h3-13,24H,1-2H3,(H,23,25). The molecule has 28 heavy (non-hydrogen) atoms. The number of nitrogens with one attached hydrogen (secondary N) is 2. The molecule has 0 heterocycles. The Morgan fingerprint density at radius 3 is 2.21 bits per heavy atom. The van der Waals surface area contributed by atoms with Gasteiger partial charge in [-0.05, 0) is 96.1 Å². The Labute approximate surface area is 178 Å². The van der Waals surface area contributed by atoms with E-state index in [0.717, 1.165) is 14.8 Å². The molecule has 3 aromatic carbocycles. The monoisotopic (exact) mass is 506 g/mol. The Morgan fingerprint density at radius 1 is 0.893 bits per heavy atom. The first kappa shape index (κ1) is 20.3. The van der Waals surface area contributed by atoms with E-state index in [1.54, 1.807) is 25.1 Å². The first-order valence-electron chi connectivity index (χ1n) is 8.52. The SMILES string of the molecule is Cc1ccccc1NC(=O)c1ccc(S(=O)(=O)Nc2ccc(I)cc2)c(C)c1. The molecule has 5 nitrogen and oxygen atoms in total. The molecule has 0 radical (unpaired) electrons. The lowest BCUT2D eigenvalue weighted by atomic mass is 10.1. The summed E-state index contributed by atoms with van der Waals surface area (Å²) in [5.74, 6) is -0.285. The number of carbonyl (C=O) groups excluding carboxylic acids is 1. The van der Waals surface area contributed by atoms with Gasteiger partial charge in [0.1, 0.15) is 0 Å². The van der Waals surface area contributed by atoms with Gasteiger partial charge in [0.2, 0.25) is 0 Å². The summed E-state index contributed by atoms with van der Waals surface area (Å²) in [4.78, 5) is 12.7. The lowest BCUT2D eigenvalue weighted by molar-refractivity contribution is 0.102. The zero-order valence-electron chi connectivity index (χ0n) is 15.4. The van der Waals surface area contributed by atoms with Crippen molar-refractivity contribution in [2.24, 2.45) is 0 Å². The van der Waals surface area contributed by atoms with E-state index < -0.39 is 10.0 Å². The maximum atomic E-state index is 12.7. The summed E-state index contributed by atoms with van der Waals surface area (Å²) in [5.41, 5.74) is 3.06. The average molecular weight is 506 g/mol. The van der Waals surface area contributed by atoms with Gasteiger partial charge < -0.3 is 5.32 Å². The summed E-state index contributed by atoms with van der Waals surface area (Å²) in [7, 11) is -3.75. The van der Waals surface area contributed by atoms with E-state index in [9.17, 15) is 13.2 Å². The molecule has 3 aromatic rings. The van der Waals surface area contributed by atoms with Gasteiger partial charge in [0.15, 0.2) is 0 Å². The fourth-order valence-corrected chi connectivity index (χ4v) is 4.37. The number of benzene rings is 3. The summed E-state index contributed by atoms with van der Waals surface area (Å²) in [6, 6.07) is 19.1. The number of sulfonamides is 1. The second kappa shape index (κ2) is 8.32. The number of rotatable bonds is 5. The molecule has 7 heteroatoms. The molecule has 0 saturated carbocycles. The number of carbonyl (C=O) groups is 1. The zero-order valence-corrected chi connectivity index (χ0v) is 18.3. The summed E-state index contributed by atoms with van der Waals surface area (Å²) in [6.07, 6.45) is 0. The molecular weight excluding hydrogens is 487 g/mol. The van der Waals surface area contributed by atoms with Gasteiger partial charge in [-0.1, -0.05) is 18.2 Å². The van der Waals surface area contributed by atoms with Crippen molar-refractivity contribution in [1.29, 1.82) is 0 Å². The second-order valence-corrected chi connectivity index (χ2v) is 9.26. The van der Waals surface area contributed by atoms with Crippen LogP contribution >= 0.6 is 22.6 Å². The van der Waals surface area contributed by atoms with Crippen LogP contribution in [0, 0.1) is 17.4 Å². The van der Waals surface area contributed by atoms with Crippen molar-refractivity contribution >= 4 is 49.9 Å². The number of anilines is 2. The summed E-state index contributed by atoms with van der Waals surface area (Å²) >= 11 is 2.15. The van der Waals surface area contributed by atoms with Crippen LogP contribution < -0.4 is 10.0 Å². The second-order valence-electron chi connectivity index (χ2n) is 6.36. The van der Waals surface area contributed by atoms with Crippen LogP contribution in [0.1, 0.15) is 21.5 Å². The van der Waals surface area contributed by atoms with Crippen LogP contribution in [-0.2, 0) is 10.0 Å². The molecular formula is C21H19IN2O3S. The fraction of sp³-hybridized carbons (Fsp3) is 0.0952. The fourth-order valence-electron chi connectivity index (χ4n) is 2.73. The molecule has 1 amide bonds. The summed E-state index contributed by atoms with van der Waals surface area (Å²) < 4.78 is 29.0. The number of para-hydroxylation sites is 1. The predicted octanol–water partition coefficient (Wildman–Crippen LogP) is 4.96. The average Bonchev–Trinajstić information content (AvgIpc) is 2.65. The minimum atomic E-state index is -3.75. The molecule has 2 N–H and O–H groups in total. The van der Waals surface area contributed by atoms with E-state index in [-0.39, 0.29) is 10.8 Å². The highest BCUT2D eigenvalue weighted by molar-refractivity contribution is 14.1. The van der Waals surface area contributed by atoms with Gasteiger partial charge in [0.25, 0.3) is 15.9 Å². The Bertz CT molecular complexity index is 1130. The first-order valence-corrected chi connectivity index (χ1v) is 11.1. The molecule has 0 unspecified atom stereocenters. The molecule has 0 atom stereocenters. The number of hydrogen-bond acceptors (Lipinski definition) is 3. The minimum Gasteiger partial charge on any atom is -0.322 e. The predicted molar refractivity (Wildman–Crippen MR) is 120 cm³/mol. The van der Waals surface area contributed by atoms with E-state index in [1.165, 1.54) is 12.1 Å². The number of amides is 1. The van der Waals surface area contributed by atoms with Gasteiger partial charge >= 0.3 is 0 Å². The maximum absolute atomic E-state index is 12.7. The van der Waals surface area contributed by atoms with E-state index in [4.69, 9.17) is 0 Å². The number of aryl methyl sites for hydroxylation is 2. The van der Waals surface area contributed by atoms with Crippen LogP contribution in [0.4, 0.5) is 11.4 Å². The highest BCUT2D eigenvalue weighted by atomic mass is 127. The van der Waals surface area contributed by atoms with E-state index in [2.05, 4.69) is 32.6 Å². The molecule has 0 spiro atoms.